The van der Waals surface area contributed by atoms with Gasteiger partial charge in [-0.3, -0.25) is 0 Å². The first kappa shape index (κ1) is 19.6. The number of benzene rings is 2. The van der Waals surface area contributed by atoms with Crippen molar-refractivity contribution in [2.24, 2.45) is 5.10 Å². The van der Waals surface area contributed by atoms with Crippen LogP contribution < -0.4 is 0 Å². The third-order valence-corrected chi connectivity index (χ3v) is 6.47. The molecular weight excluding hydrogens is 410 g/mol. The van der Waals surface area contributed by atoms with E-state index < -0.39 is 10.0 Å². The maximum Gasteiger partial charge on any atom is 0.300 e. The van der Waals surface area contributed by atoms with E-state index in [1.54, 1.807) is 12.1 Å². The number of nitrogens with zero attached hydrogens (tertiary/aromatic N) is 5. The van der Waals surface area contributed by atoms with E-state index in [1.807, 2.05) is 56.3 Å². The van der Waals surface area contributed by atoms with E-state index in [0.717, 1.165) is 15.5 Å². The third kappa shape index (κ3) is 3.77. The zero-order valence-corrected chi connectivity index (χ0v) is 17.5. The molecule has 4 rings (SSSR count). The summed E-state index contributed by atoms with van der Waals surface area (Å²) in [5.41, 5.74) is 2.49. The monoisotopic (exact) mass is 429 g/mol. The Morgan fingerprint density at radius 3 is 2.38 bits per heavy atom. The summed E-state index contributed by atoms with van der Waals surface area (Å²) in [6.45, 7) is 3.96. The predicted molar refractivity (Wildman–Crippen MR) is 111 cm³/mol. The van der Waals surface area contributed by atoms with E-state index in [2.05, 4.69) is 15.3 Å². The van der Waals surface area contributed by atoms with Crippen LogP contribution in [-0.2, 0) is 10.0 Å². The summed E-state index contributed by atoms with van der Waals surface area (Å²) < 4.78 is 27.4. The van der Waals surface area contributed by atoms with Crippen molar-refractivity contribution in [2.75, 3.05) is 6.54 Å². The van der Waals surface area contributed by atoms with Crippen LogP contribution in [0.3, 0.4) is 0 Å². The zero-order valence-electron chi connectivity index (χ0n) is 16.0. The Hall–Kier alpha value is -2.71. The molecular formula is C20H20ClN5O2S. The quantitative estimate of drug-likeness (QED) is 0.619. The molecule has 0 fully saturated rings. The molecule has 1 aliphatic rings. The predicted octanol–water partition coefficient (Wildman–Crippen LogP) is 3.70. The molecule has 9 heteroatoms. The lowest BCUT2D eigenvalue weighted by Crippen LogP contribution is -2.26. The van der Waals surface area contributed by atoms with Crippen LogP contribution in [0.25, 0.3) is 0 Å². The Bertz CT molecular complexity index is 1140. The molecule has 2 heterocycles. The highest BCUT2D eigenvalue weighted by molar-refractivity contribution is 7.89. The molecule has 150 valence electrons. The molecule has 2 aromatic carbocycles. The van der Waals surface area contributed by atoms with Crippen molar-refractivity contribution in [3.8, 4) is 0 Å². The average Bonchev–Trinajstić information content (AvgIpc) is 3.38. The molecule has 0 radical (unpaired) electrons. The second kappa shape index (κ2) is 7.61. The molecule has 0 amide bonds. The van der Waals surface area contributed by atoms with Crippen molar-refractivity contribution in [3.63, 3.8) is 0 Å². The number of hydrazone groups is 1. The smallest absolute Gasteiger partial charge is 0.198 e. The molecule has 1 unspecified atom stereocenters. The van der Waals surface area contributed by atoms with Gasteiger partial charge in [-0.2, -0.15) is 27.8 Å². The van der Waals surface area contributed by atoms with Gasteiger partial charge in [0.05, 0.1) is 24.5 Å². The van der Waals surface area contributed by atoms with Crippen LogP contribution in [0.2, 0.25) is 5.02 Å². The van der Waals surface area contributed by atoms with Gasteiger partial charge in [0.1, 0.15) is 0 Å². The van der Waals surface area contributed by atoms with Gasteiger partial charge < -0.3 is 0 Å². The first-order valence-electron chi connectivity index (χ1n) is 9.20. The summed E-state index contributed by atoms with van der Waals surface area (Å²) in [7, 11) is -3.92. The molecule has 1 atom stereocenters. The van der Waals surface area contributed by atoms with E-state index in [9.17, 15) is 8.42 Å². The zero-order chi connectivity index (χ0) is 20.6. The summed E-state index contributed by atoms with van der Waals surface area (Å²) in [5.74, 6) is -0.202. The van der Waals surface area contributed by atoms with Gasteiger partial charge in [-0.15, -0.1) is 5.10 Å². The largest absolute Gasteiger partial charge is 0.300 e. The van der Waals surface area contributed by atoms with Crippen LogP contribution in [0.4, 0.5) is 0 Å². The molecule has 0 aliphatic carbocycles. The Balaban J connectivity index is 1.75. The second-order valence-electron chi connectivity index (χ2n) is 7.06. The summed E-state index contributed by atoms with van der Waals surface area (Å²) in [5, 5.41) is 13.2. The molecule has 29 heavy (non-hydrogen) atoms. The van der Waals surface area contributed by atoms with Crippen LogP contribution in [-0.4, -0.2) is 40.1 Å². The van der Waals surface area contributed by atoms with Gasteiger partial charge in [0.25, 0.3) is 10.0 Å². The first-order chi connectivity index (χ1) is 13.9. The summed E-state index contributed by atoms with van der Waals surface area (Å²) >= 11 is 6.02. The SMILES string of the molecule is CC(C)n1ncc(S(=O)(=O)N2CC(c3ccccc3)C(c3ccc(Cl)cc3)=N2)n1. The minimum atomic E-state index is -3.92. The minimum Gasteiger partial charge on any atom is -0.198 e. The highest BCUT2D eigenvalue weighted by Crippen LogP contribution is 2.32. The van der Waals surface area contributed by atoms with E-state index in [1.165, 1.54) is 11.0 Å². The highest BCUT2D eigenvalue weighted by atomic mass is 35.5. The number of sulfonamides is 1. The lowest BCUT2D eigenvalue weighted by Gasteiger charge is -2.15. The standard InChI is InChI=1S/C20H20ClN5O2S/c1-14(2)26-22-12-19(23-26)29(27,28)25-13-18(15-6-4-3-5-7-15)20(24-25)16-8-10-17(21)11-9-16/h3-12,14,18H,13H2,1-2H3. The molecule has 1 aromatic heterocycles. The number of hydrogen-bond acceptors (Lipinski definition) is 5. The topological polar surface area (TPSA) is 80.5 Å². The van der Waals surface area contributed by atoms with Gasteiger partial charge in [-0.25, -0.2) is 0 Å². The normalized spacial score (nSPS) is 17.0. The Labute approximate surface area is 174 Å². The van der Waals surface area contributed by atoms with E-state index in [-0.39, 0.29) is 23.5 Å². The van der Waals surface area contributed by atoms with Crippen molar-refractivity contribution in [2.45, 2.75) is 30.8 Å². The van der Waals surface area contributed by atoms with E-state index in [0.29, 0.717) is 10.7 Å². The van der Waals surface area contributed by atoms with Crippen molar-refractivity contribution >= 4 is 27.3 Å². The Morgan fingerprint density at radius 1 is 1.07 bits per heavy atom. The van der Waals surface area contributed by atoms with Crippen molar-refractivity contribution in [3.05, 3.63) is 76.9 Å². The Morgan fingerprint density at radius 2 is 1.76 bits per heavy atom. The Kier molecular flexibility index (Phi) is 5.14. The molecule has 1 aliphatic heterocycles. The van der Waals surface area contributed by atoms with Gasteiger partial charge in [0.15, 0.2) is 0 Å². The minimum absolute atomic E-state index is 0.0391. The van der Waals surface area contributed by atoms with Gasteiger partial charge in [-0.1, -0.05) is 54.1 Å². The van der Waals surface area contributed by atoms with Crippen LogP contribution in [0.1, 0.15) is 36.9 Å². The lowest BCUT2D eigenvalue weighted by atomic mass is 9.91. The number of halogens is 1. The fourth-order valence-electron chi connectivity index (χ4n) is 3.19. The van der Waals surface area contributed by atoms with Crippen LogP contribution in [0.5, 0.6) is 0 Å². The maximum atomic E-state index is 13.2. The number of rotatable bonds is 5. The van der Waals surface area contributed by atoms with Crippen molar-refractivity contribution < 1.29 is 8.42 Å². The van der Waals surface area contributed by atoms with E-state index >= 15 is 0 Å². The molecule has 0 saturated heterocycles. The van der Waals surface area contributed by atoms with Gasteiger partial charge in [0, 0.05) is 10.9 Å². The molecule has 3 aromatic rings. The number of hydrogen-bond donors (Lipinski definition) is 0. The highest BCUT2D eigenvalue weighted by Gasteiger charge is 2.37. The summed E-state index contributed by atoms with van der Waals surface area (Å²) in [4.78, 5) is 1.38. The van der Waals surface area contributed by atoms with Crippen LogP contribution >= 0.6 is 11.6 Å². The summed E-state index contributed by atoms with van der Waals surface area (Å²) in [6, 6.07) is 16.9. The molecule has 0 N–H and O–H groups in total. The second-order valence-corrected chi connectivity index (χ2v) is 9.29. The molecule has 0 bridgehead atoms. The third-order valence-electron chi connectivity index (χ3n) is 4.72. The van der Waals surface area contributed by atoms with Crippen LogP contribution in [0, 0.1) is 0 Å². The van der Waals surface area contributed by atoms with Crippen molar-refractivity contribution in [1.29, 1.82) is 0 Å². The maximum absolute atomic E-state index is 13.2. The van der Waals surface area contributed by atoms with Gasteiger partial charge in [0.2, 0.25) is 5.03 Å². The first-order valence-corrected chi connectivity index (χ1v) is 11.0. The molecule has 7 nitrogen and oxygen atoms in total. The van der Waals surface area contributed by atoms with Gasteiger partial charge >= 0.3 is 0 Å². The van der Waals surface area contributed by atoms with Crippen LogP contribution in [0.15, 0.2) is 70.9 Å². The fraction of sp³-hybridized carbons (Fsp3) is 0.250. The van der Waals surface area contributed by atoms with Gasteiger partial charge in [-0.05, 0) is 37.1 Å². The fourth-order valence-corrected chi connectivity index (χ4v) is 4.44. The summed E-state index contributed by atoms with van der Waals surface area (Å²) in [6.07, 6.45) is 1.27. The van der Waals surface area contributed by atoms with Crippen molar-refractivity contribution in [1.82, 2.24) is 19.4 Å². The number of aromatic nitrogens is 3. The van der Waals surface area contributed by atoms with E-state index in [4.69, 9.17) is 11.6 Å². The average molecular weight is 430 g/mol. The lowest BCUT2D eigenvalue weighted by molar-refractivity contribution is 0.436. The molecule has 0 saturated carbocycles. The molecule has 0 spiro atoms.